The summed E-state index contributed by atoms with van der Waals surface area (Å²) in [7, 11) is -1.13. The topological polar surface area (TPSA) is 69.1 Å². The second-order valence-corrected chi connectivity index (χ2v) is 7.60. The van der Waals surface area contributed by atoms with Crippen LogP contribution in [0.3, 0.4) is 0 Å². The molecule has 0 N–H and O–H groups in total. The summed E-state index contributed by atoms with van der Waals surface area (Å²) < 4.78 is 23.0. The van der Waals surface area contributed by atoms with E-state index in [1.807, 2.05) is 37.4 Å². The van der Waals surface area contributed by atoms with Crippen molar-refractivity contribution in [2.24, 2.45) is 0 Å². The highest BCUT2D eigenvalue weighted by molar-refractivity contribution is 7.83. The SMILES string of the molecule is CC(C)c1cnc(C[S@@](=O)Cc2cc(-c3cccs3)on2)o1. The molecule has 0 aliphatic rings. The van der Waals surface area contributed by atoms with Gasteiger partial charge in [0.25, 0.3) is 0 Å². The lowest BCUT2D eigenvalue weighted by molar-refractivity contribution is 0.427. The van der Waals surface area contributed by atoms with Crippen LogP contribution in [0.2, 0.25) is 0 Å². The second-order valence-electron chi connectivity index (χ2n) is 5.20. The molecular weight excluding hydrogens is 320 g/mol. The zero-order valence-electron chi connectivity index (χ0n) is 12.3. The number of oxazole rings is 1. The van der Waals surface area contributed by atoms with Crippen molar-refractivity contribution in [3.8, 4) is 10.6 Å². The molecule has 0 radical (unpaired) electrons. The Balaban J connectivity index is 1.62. The summed E-state index contributed by atoms with van der Waals surface area (Å²) in [4.78, 5) is 5.18. The van der Waals surface area contributed by atoms with Crippen molar-refractivity contribution in [3.63, 3.8) is 0 Å². The van der Waals surface area contributed by atoms with Crippen molar-refractivity contribution < 1.29 is 13.1 Å². The quantitative estimate of drug-likeness (QED) is 0.681. The third-order valence-corrected chi connectivity index (χ3v) is 5.13. The minimum absolute atomic E-state index is 0.276. The number of thiophene rings is 1. The maximum atomic E-state index is 12.2. The molecule has 0 spiro atoms. The van der Waals surface area contributed by atoms with Gasteiger partial charge in [-0.15, -0.1) is 11.3 Å². The van der Waals surface area contributed by atoms with Crippen LogP contribution in [0.1, 0.15) is 37.1 Å². The molecule has 0 aromatic carbocycles. The van der Waals surface area contributed by atoms with Gasteiger partial charge in [-0.2, -0.15) is 0 Å². The van der Waals surface area contributed by atoms with Crippen LogP contribution in [0.5, 0.6) is 0 Å². The smallest absolute Gasteiger partial charge is 0.207 e. The lowest BCUT2D eigenvalue weighted by atomic mass is 10.2. The predicted molar refractivity (Wildman–Crippen MR) is 86.0 cm³/mol. The van der Waals surface area contributed by atoms with Crippen LogP contribution in [0.25, 0.3) is 10.6 Å². The van der Waals surface area contributed by atoms with Crippen LogP contribution in [0.15, 0.2) is 38.7 Å². The molecule has 0 bridgehead atoms. The Hall–Kier alpha value is -1.73. The van der Waals surface area contributed by atoms with E-state index < -0.39 is 10.8 Å². The first kappa shape index (κ1) is 15.2. The largest absolute Gasteiger partial charge is 0.444 e. The van der Waals surface area contributed by atoms with Gasteiger partial charge in [0.15, 0.2) is 5.76 Å². The summed E-state index contributed by atoms with van der Waals surface area (Å²) in [5, 5.41) is 5.95. The maximum Gasteiger partial charge on any atom is 0.207 e. The third kappa shape index (κ3) is 3.53. The van der Waals surface area contributed by atoms with Gasteiger partial charge in [0.2, 0.25) is 5.89 Å². The van der Waals surface area contributed by atoms with Crippen molar-refractivity contribution >= 4 is 22.1 Å². The van der Waals surface area contributed by atoms with Crippen LogP contribution in [-0.2, 0) is 22.3 Å². The minimum Gasteiger partial charge on any atom is -0.444 e. The first-order valence-corrected chi connectivity index (χ1v) is 9.27. The third-order valence-electron chi connectivity index (χ3n) is 3.06. The Bertz CT molecular complexity index is 759. The molecule has 3 aromatic rings. The average Bonchev–Trinajstić information content (AvgIpc) is 3.18. The van der Waals surface area contributed by atoms with Crippen LogP contribution >= 0.6 is 11.3 Å². The van der Waals surface area contributed by atoms with Crippen LogP contribution in [-0.4, -0.2) is 14.3 Å². The summed E-state index contributed by atoms with van der Waals surface area (Å²) in [5.41, 5.74) is 0.678. The van der Waals surface area contributed by atoms with E-state index in [0.29, 0.717) is 23.1 Å². The fraction of sp³-hybridized carbons (Fsp3) is 0.333. The molecule has 0 unspecified atom stereocenters. The Labute approximate surface area is 134 Å². The molecule has 5 nitrogen and oxygen atoms in total. The molecule has 0 amide bonds. The normalized spacial score (nSPS) is 12.9. The van der Waals surface area contributed by atoms with Gasteiger partial charge in [0.1, 0.15) is 11.5 Å². The Morgan fingerprint density at radius 2 is 2.23 bits per heavy atom. The number of hydrogen-bond donors (Lipinski definition) is 0. The van der Waals surface area contributed by atoms with Crippen molar-refractivity contribution in [2.75, 3.05) is 0 Å². The van der Waals surface area contributed by atoms with E-state index in [-0.39, 0.29) is 11.7 Å². The van der Waals surface area contributed by atoms with Crippen molar-refractivity contribution in [1.29, 1.82) is 0 Å². The molecule has 116 valence electrons. The Kier molecular flexibility index (Phi) is 4.54. The highest BCUT2D eigenvalue weighted by Gasteiger charge is 2.14. The maximum absolute atomic E-state index is 12.2. The van der Waals surface area contributed by atoms with Crippen molar-refractivity contribution in [2.45, 2.75) is 31.3 Å². The first-order valence-electron chi connectivity index (χ1n) is 6.91. The summed E-state index contributed by atoms with van der Waals surface area (Å²) in [5.74, 6) is 2.92. The molecule has 1 atom stereocenters. The molecule has 7 heteroatoms. The zero-order valence-corrected chi connectivity index (χ0v) is 13.9. The molecule has 0 aliphatic carbocycles. The molecule has 0 saturated carbocycles. The average molecular weight is 336 g/mol. The molecular formula is C15H16N2O3S2. The molecule has 0 fully saturated rings. The van der Waals surface area contributed by atoms with E-state index in [2.05, 4.69) is 10.1 Å². The van der Waals surface area contributed by atoms with E-state index in [1.54, 1.807) is 17.5 Å². The van der Waals surface area contributed by atoms with Crippen LogP contribution < -0.4 is 0 Å². The van der Waals surface area contributed by atoms with Gasteiger partial charge in [-0.1, -0.05) is 25.1 Å². The van der Waals surface area contributed by atoms with Crippen molar-refractivity contribution in [1.82, 2.24) is 10.1 Å². The van der Waals surface area contributed by atoms with Gasteiger partial charge in [0.05, 0.1) is 22.5 Å². The molecule has 0 saturated heterocycles. The van der Waals surface area contributed by atoms with Crippen LogP contribution in [0, 0.1) is 0 Å². The van der Waals surface area contributed by atoms with Gasteiger partial charge < -0.3 is 8.94 Å². The van der Waals surface area contributed by atoms with E-state index in [0.717, 1.165) is 10.6 Å². The van der Waals surface area contributed by atoms with Gasteiger partial charge in [-0.25, -0.2) is 4.98 Å². The summed E-state index contributed by atoms with van der Waals surface area (Å²) >= 11 is 1.58. The Morgan fingerprint density at radius 1 is 1.36 bits per heavy atom. The fourth-order valence-corrected chi connectivity index (χ4v) is 3.58. The highest BCUT2D eigenvalue weighted by atomic mass is 32.2. The van der Waals surface area contributed by atoms with Gasteiger partial charge >= 0.3 is 0 Å². The minimum atomic E-state index is -1.13. The summed E-state index contributed by atoms with van der Waals surface area (Å²) in [6, 6.07) is 5.75. The van der Waals surface area contributed by atoms with Crippen LogP contribution in [0.4, 0.5) is 0 Å². The number of rotatable bonds is 6. The molecule has 0 aliphatic heterocycles. The molecule has 3 rings (SSSR count). The standard InChI is InChI=1S/C15H16N2O3S2/c1-10(2)13-7-16-15(19-13)9-22(18)8-11-6-12(20-17-11)14-4-3-5-21-14/h3-7,10H,8-9H2,1-2H3/t22-/m0/s1. The fourth-order valence-electron chi connectivity index (χ4n) is 1.93. The van der Waals surface area contributed by atoms with E-state index >= 15 is 0 Å². The second kappa shape index (κ2) is 6.58. The first-order chi connectivity index (χ1) is 10.6. The van der Waals surface area contributed by atoms with E-state index in [1.165, 1.54) is 0 Å². The molecule has 3 heterocycles. The number of nitrogens with zero attached hydrogens (tertiary/aromatic N) is 2. The monoisotopic (exact) mass is 336 g/mol. The molecule has 3 aromatic heterocycles. The summed E-state index contributed by atoms with van der Waals surface area (Å²) in [6.07, 6.45) is 1.70. The van der Waals surface area contributed by atoms with E-state index in [9.17, 15) is 4.21 Å². The van der Waals surface area contributed by atoms with Crippen molar-refractivity contribution in [3.05, 3.63) is 47.1 Å². The van der Waals surface area contributed by atoms with E-state index in [4.69, 9.17) is 8.94 Å². The lowest BCUT2D eigenvalue weighted by Gasteiger charge is -1.98. The number of hydrogen-bond acceptors (Lipinski definition) is 6. The number of aromatic nitrogens is 2. The zero-order chi connectivity index (χ0) is 15.5. The lowest BCUT2D eigenvalue weighted by Crippen LogP contribution is -1.99. The molecule has 22 heavy (non-hydrogen) atoms. The van der Waals surface area contributed by atoms with Gasteiger partial charge in [-0.05, 0) is 11.4 Å². The Morgan fingerprint density at radius 3 is 2.91 bits per heavy atom. The van der Waals surface area contributed by atoms with Gasteiger partial charge in [-0.3, -0.25) is 4.21 Å². The van der Waals surface area contributed by atoms with Gasteiger partial charge in [0, 0.05) is 22.8 Å². The summed E-state index contributed by atoms with van der Waals surface area (Å²) in [6.45, 7) is 4.06. The highest BCUT2D eigenvalue weighted by Crippen LogP contribution is 2.25. The predicted octanol–water partition coefficient (Wildman–Crippen LogP) is 3.96.